The molecule has 8 heteroatoms. The van der Waals surface area contributed by atoms with Gasteiger partial charge in [0.2, 0.25) is 5.91 Å². The van der Waals surface area contributed by atoms with Gasteiger partial charge >= 0.3 is 0 Å². The largest absolute Gasteiger partial charge is 0.497 e. The highest BCUT2D eigenvalue weighted by Gasteiger charge is 2.30. The highest BCUT2D eigenvalue weighted by atomic mass is 32.2. The molecule has 0 saturated carbocycles. The summed E-state index contributed by atoms with van der Waals surface area (Å²) >= 11 is 1.13. The highest BCUT2D eigenvalue weighted by molar-refractivity contribution is 7.92. The monoisotopic (exact) mass is 367 g/mol. The van der Waals surface area contributed by atoms with E-state index >= 15 is 0 Å². The fraction of sp³-hybridized carbons (Fsp3) is 0.312. The lowest BCUT2D eigenvalue weighted by molar-refractivity contribution is -0.124. The summed E-state index contributed by atoms with van der Waals surface area (Å²) in [5, 5.41) is 0. The van der Waals surface area contributed by atoms with Crippen LogP contribution in [0.5, 0.6) is 11.5 Å². The molecule has 0 aliphatic carbocycles. The number of methoxy groups -OCH3 is 1. The Balaban J connectivity index is 1.72. The molecule has 1 unspecified atom stereocenters. The van der Waals surface area contributed by atoms with Gasteiger partial charge in [0, 0.05) is 10.9 Å². The lowest BCUT2D eigenvalue weighted by atomic mass is 9.96. The van der Waals surface area contributed by atoms with Gasteiger partial charge in [-0.3, -0.25) is 4.79 Å². The van der Waals surface area contributed by atoms with Crippen molar-refractivity contribution in [1.29, 1.82) is 0 Å². The number of sulfonamides is 1. The molecule has 1 aromatic carbocycles. The van der Waals surface area contributed by atoms with Crippen LogP contribution in [0.25, 0.3) is 0 Å². The van der Waals surface area contributed by atoms with Gasteiger partial charge in [-0.05, 0) is 37.1 Å². The third-order valence-electron chi connectivity index (χ3n) is 3.77. The van der Waals surface area contributed by atoms with Gasteiger partial charge in [0.05, 0.1) is 13.0 Å². The lowest BCUT2D eigenvalue weighted by Gasteiger charge is -2.24. The van der Waals surface area contributed by atoms with Crippen molar-refractivity contribution in [3.8, 4) is 11.5 Å². The first kappa shape index (κ1) is 16.8. The molecule has 1 aliphatic heterocycles. The number of benzene rings is 1. The van der Waals surface area contributed by atoms with Gasteiger partial charge in [0.1, 0.15) is 22.3 Å². The summed E-state index contributed by atoms with van der Waals surface area (Å²) in [5.41, 5.74) is 0.853. The molecule has 1 N–H and O–H groups in total. The number of ether oxygens (including phenoxy) is 2. The minimum atomic E-state index is -3.83. The number of hydrogen-bond acceptors (Lipinski definition) is 6. The summed E-state index contributed by atoms with van der Waals surface area (Å²) < 4.78 is 37.5. The number of carbonyl (C=O) groups excluding carboxylic acids is 1. The Kier molecular flexibility index (Phi) is 4.51. The van der Waals surface area contributed by atoms with Crippen LogP contribution >= 0.6 is 11.3 Å². The quantitative estimate of drug-likeness (QED) is 0.895. The summed E-state index contributed by atoms with van der Waals surface area (Å²) in [7, 11) is -2.27. The van der Waals surface area contributed by atoms with Crippen LogP contribution in [0.3, 0.4) is 0 Å². The van der Waals surface area contributed by atoms with E-state index in [1.807, 2.05) is 13.0 Å². The topological polar surface area (TPSA) is 81.7 Å². The molecule has 0 fully saturated rings. The smallest absolute Gasteiger partial charge is 0.273 e. The highest BCUT2D eigenvalue weighted by Crippen LogP contribution is 2.31. The zero-order chi connectivity index (χ0) is 17.3. The fourth-order valence-corrected chi connectivity index (χ4v) is 4.80. The van der Waals surface area contributed by atoms with Crippen molar-refractivity contribution in [3.63, 3.8) is 0 Å². The van der Waals surface area contributed by atoms with E-state index in [4.69, 9.17) is 9.47 Å². The third-order valence-corrected chi connectivity index (χ3v) is 6.61. The number of rotatable bonds is 4. The summed E-state index contributed by atoms with van der Waals surface area (Å²) in [6.45, 7) is 1.94. The van der Waals surface area contributed by atoms with Gasteiger partial charge in [-0.25, -0.2) is 13.1 Å². The van der Waals surface area contributed by atoms with E-state index in [-0.39, 0.29) is 10.8 Å². The second-order valence-electron chi connectivity index (χ2n) is 5.52. The first-order valence-corrected chi connectivity index (χ1v) is 9.62. The fourth-order valence-electron chi connectivity index (χ4n) is 2.47. The Hall–Kier alpha value is -2.06. The van der Waals surface area contributed by atoms with Crippen molar-refractivity contribution in [3.05, 3.63) is 40.8 Å². The maximum absolute atomic E-state index is 12.3. The summed E-state index contributed by atoms with van der Waals surface area (Å²) in [6, 6.07) is 8.57. The maximum Gasteiger partial charge on any atom is 0.273 e. The molecule has 1 atom stereocenters. The number of thiophene rings is 1. The first-order chi connectivity index (χ1) is 11.4. The Morgan fingerprint density at radius 1 is 1.33 bits per heavy atom. The maximum atomic E-state index is 12.3. The molecular formula is C16H17NO5S2. The van der Waals surface area contributed by atoms with Gasteiger partial charge < -0.3 is 9.47 Å². The molecule has 0 spiro atoms. The molecule has 1 aromatic heterocycles. The third kappa shape index (κ3) is 3.39. The second-order valence-corrected chi connectivity index (χ2v) is 8.72. The average Bonchev–Trinajstić information content (AvgIpc) is 3.01. The first-order valence-electron chi connectivity index (χ1n) is 7.32. The van der Waals surface area contributed by atoms with Crippen LogP contribution in [0.2, 0.25) is 0 Å². The van der Waals surface area contributed by atoms with E-state index < -0.39 is 21.8 Å². The number of carbonyl (C=O) groups is 1. The van der Waals surface area contributed by atoms with E-state index in [1.54, 1.807) is 25.3 Å². The van der Waals surface area contributed by atoms with Gasteiger partial charge in [-0.1, -0.05) is 6.07 Å². The van der Waals surface area contributed by atoms with Gasteiger partial charge in [-0.15, -0.1) is 11.3 Å². The van der Waals surface area contributed by atoms with Crippen molar-refractivity contribution in [1.82, 2.24) is 4.72 Å². The number of hydrogen-bond donors (Lipinski definition) is 1. The van der Waals surface area contributed by atoms with E-state index in [1.165, 1.54) is 6.07 Å². The van der Waals surface area contributed by atoms with Gasteiger partial charge in [-0.2, -0.15) is 0 Å². The second kappa shape index (κ2) is 6.45. The van der Waals surface area contributed by atoms with Crippen LogP contribution in [0.4, 0.5) is 0 Å². The molecule has 6 nitrogen and oxygen atoms in total. The van der Waals surface area contributed by atoms with Gasteiger partial charge in [0.25, 0.3) is 10.0 Å². The van der Waals surface area contributed by atoms with Crippen LogP contribution in [-0.2, 0) is 21.2 Å². The van der Waals surface area contributed by atoms with E-state index in [0.717, 1.165) is 21.8 Å². The Morgan fingerprint density at radius 2 is 2.12 bits per heavy atom. The molecule has 128 valence electrons. The van der Waals surface area contributed by atoms with Crippen LogP contribution < -0.4 is 14.2 Å². The normalized spacial score (nSPS) is 16.8. The van der Waals surface area contributed by atoms with Gasteiger partial charge in [0.15, 0.2) is 0 Å². The zero-order valence-corrected chi connectivity index (χ0v) is 14.9. The Bertz CT molecular complexity index is 872. The number of amides is 1. The predicted molar refractivity (Wildman–Crippen MR) is 90.1 cm³/mol. The minimum Gasteiger partial charge on any atom is -0.497 e. The number of fused-ring (bicyclic) bond motifs is 1. The Labute approximate surface area is 144 Å². The van der Waals surface area contributed by atoms with Crippen molar-refractivity contribution >= 4 is 27.3 Å². The Morgan fingerprint density at radius 3 is 2.79 bits per heavy atom. The zero-order valence-electron chi connectivity index (χ0n) is 13.2. The minimum absolute atomic E-state index is 0.130. The lowest BCUT2D eigenvalue weighted by Crippen LogP contribution is -2.40. The summed E-state index contributed by atoms with van der Waals surface area (Å²) in [4.78, 5) is 13.2. The molecule has 0 radical (unpaired) electrons. The van der Waals surface area contributed by atoms with Crippen LogP contribution in [0, 0.1) is 12.8 Å². The van der Waals surface area contributed by atoms with Crippen molar-refractivity contribution in [2.24, 2.45) is 5.92 Å². The molecule has 0 saturated heterocycles. The van der Waals surface area contributed by atoms with E-state index in [9.17, 15) is 13.2 Å². The average molecular weight is 367 g/mol. The molecule has 2 aromatic rings. The van der Waals surface area contributed by atoms with E-state index in [2.05, 4.69) is 4.72 Å². The predicted octanol–water partition coefficient (Wildman–Crippen LogP) is 2.12. The summed E-state index contributed by atoms with van der Waals surface area (Å²) in [5.74, 6) is 0.228. The molecule has 0 bridgehead atoms. The molecule has 1 amide bonds. The van der Waals surface area contributed by atoms with Crippen LogP contribution in [-0.4, -0.2) is 28.0 Å². The van der Waals surface area contributed by atoms with Crippen molar-refractivity contribution < 1.29 is 22.7 Å². The summed E-state index contributed by atoms with van der Waals surface area (Å²) in [6.07, 6.45) is 0.421. The molecular weight excluding hydrogens is 350 g/mol. The van der Waals surface area contributed by atoms with Crippen molar-refractivity contribution in [2.45, 2.75) is 17.6 Å². The molecule has 1 aliphatic rings. The van der Waals surface area contributed by atoms with Crippen LogP contribution in [0.15, 0.2) is 34.5 Å². The number of aryl methyl sites for hydroxylation is 1. The van der Waals surface area contributed by atoms with Crippen molar-refractivity contribution in [2.75, 3.05) is 13.7 Å². The SMILES string of the molecule is COc1ccc2c(c1)OCC(C(=O)NS(=O)(=O)c1ccc(C)s1)C2. The number of nitrogens with one attached hydrogen (secondary N) is 1. The molecule has 24 heavy (non-hydrogen) atoms. The van der Waals surface area contributed by atoms with Crippen LogP contribution in [0.1, 0.15) is 10.4 Å². The molecule has 2 heterocycles. The molecule has 3 rings (SSSR count). The standard InChI is InChI=1S/C16H17NO5S2/c1-10-3-6-15(23-10)24(19,20)17-16(18)12-7-11-4-5-13(21-2)8-14(11)22-9-12/h3-6,8,12H,7,9H2,1-2H3,(H,17,18). The van der Waals surface area contributed by atoms with E-state index in [0.29, 0.717) is 17.9 Å².